The Hall–Kier alpha value is -2.47. The fraction of sp³-hybridized carbons (Fsp3) is 0.333. The smallest absolute Gasteiger partial charge is 0.246 e. The Morgan fingerprint density at radius 3 is 2.92 bits per heavy atom. The summed E-state index contributed by atoms with van der Waals surface area (Å²) in [5, 5.41) is 8.00. The molecule has 7 heteroatoms. The zero-order valence-electron chi connectivity index (χ0n) is 13.9. The van der Waals surface area contributed by atoms with E-state index in [1.807, 2.05) is 31.2 Å². The topological polar surface area (TPSA) is 76.7 Å². The molecule has 0 saturated heterocycles. The fourth-order valence-electron chi connectivity index (χ4n) is 3.09. The zero-order chi connectivity index (χ0) is 17.2. The van der Waals surface area contributed by atoms with Gasteiger partial charge >= 0.3 is 0 Å². The first-order valence-electron chi connectivity index (χ1n) is 8.38. The normalized spacial score (nSPS) is 13.5. The number of nitrogens with zero attached hydrogens (tertiary/aromatic N) is 4. The molecule has 0 atom stereocenters. The molecule has 1 aromatic carbocycles. The molecule has 0 fully saturated rings. The van der Waals surface area contributed by atoms with E-state index in [0.717, 1.165) is 35.7 Å². The van der Waals surface area contributed by atoms with Crippen LogP contribution in [-0.4, -0.2) is 20.1 Å². The molecule has 0 aliphatic heterocycles. The Balaban J connectivity index is 1.52. The lowest BCUT2D eigenvalue weighted by Crippen LogP contribution is -2.13. The van der Waals surface area contributed by atoms with Gasteiger partial charge in [-0.1, -0.05) is 28.9 Å². The Labute approximate surface area is 150 Å². The van der Waals surface area contributed by atoms with Gasteiger partial charge in [-0.2, -0.15) is 4.98 Å². The third-order valence-corrected chi connectivity index (χ3v) is 4.49. The molecule has 3 aromatic rings. The second-order valence-electron chi connectivity index (χ2n) is 6.13. The van der Waals surface area contributed by atoms with Crippen molar-refractivity contribution < 1.29 is 4.52 Å². The Morgan fingerprint density at radius 2 is 2.04 bits per heavy atom. The van der Waals surface area contributed by atoms with E-state index in [9.17, 15) is 0 Å². The summed E-state index contributed by atoms with van der Waals surface area (Å²) in [6.07, 6.45) is 4.39. The van der Waals surface area contributed by atoms with E-state index in [2.05, 4.69) is 25.4 Å². The first kappa shape index (κ1) is 16.0. The minimum atomic E-state index is 0.427. The summed E-state index contributed by atoms with van der Waals surface area (Å²) in [6, 6.07) is 7.39. The van der Waals surface area contributed by atoms with Crippen LogP contribution in [0, 0.1) is 6.92 Å². The van der Waals surface area contributed by atoms with Crippen LogP contribution in [-0.2, 0) is 19.4 Å². The van der Waals surface area contributed by atoms with Crippen LogP contribution in [0.3, 0.4) is 0 Å². The summed E-state index contributed by atoms with van der Waals surface area (Å²) in [5.74, 6) is 2.70. The van der Waals surface area contributed by atoms with E-state index in [-0.39, 0.29) is 0 Å². The number of halogens is 1. The molecule has 0 bridgehead atoms. The average Bonchev–Trinajstić information content (AvgIpc) is 3.08. The van der Waals surface area contributed by atoms with Crippen LogP contribution in [0.25, 0.3) is 11.4 Å². The van der Waals surface area contributed by atoms with Gasteiger partial charge in [0.05, 0.1) is 6.54 Å². The van der Waals surface area contributed by atoms with Crippen LogP contribution in [0.5, 0.6) is 0 Å². The third-order valence-electron chi connectivity index (χ3n) is 4.25. The number of nitrogens with one attached hydrogen (secondary N) is 1. The third kappa shape index (κ3) is 3.49. The summed E-state index contributed by atoms with van der Waals surface area (Å²) in [5.41, 5.74) is 3.20. The Bertz CT molecular complexity index is 908. The van der Waals surface area contributed by atoms with Gasteiger partial charge in [-0.3, -0.25) is 0 Å². The van der Waals surface area contributed by atoms with Crippen LogP contribution in [0.1, 0.15) is 35.8 Å². The van der Waals surface area contributed by atoms with Crippen LogP contribution in [0.4, 0.5) is 5.82 Å². The Morgan fingerprint density at radius 1 is 1.16 bits per heavy atom. The van der Waals surface area contributed by atoms with Crippen molar-refractivity contribution in [2.45, 2.75) is 39.2 Å². The van der Waals surface area contributed by atoms with Gasteiger partial charge < -0.3 is 9.84 Å². The lowest BCUT2D eigenvalue weighted by molar-refractivity contribution is 0.384. The lowest BCUT2D eigenvalue weighted by atomic mass is 9.96. The molecule has 2 heterocycles. The van der Waals surface area contributed by atoms with Crippen LogP contribution < -0.4 is 5.32 Å². The summed E-state index contributed by atoms with van der Waals surface area (Å²) in [4.78, 5) is 13.5. The highest BCUT2D eigenvalue weighted by Gasteiger charge is 2.17. The van der Waals surface area contributed by atoms with Crippen molar-refractivity contribution in [1.29, 1.82) is 0 Å². The SMILES string of the molecule is Cc1nc2c(c(NCc3nc(-c4cccc(Cl)c4)no3)n1)CCCC2. The number of hydrogen-bond acceptors (Lipinski definition) is 6. The molecular weight excluding hydrogens is 338 g/mol. The number of aryl methyl sites for hydroxylation is 2. The van der Waals surface area contributed by atoms with E-state index < -0.39 is 0 Å². The van der Waals surface area contributed by atoms with Gasteiger partial charge in [0.1, 0.15) is 11.6 Å². The molecule has 0 saturated carbocycles. The molecule has 0 amide bonds. The van der Waals surface area contributed by atoms with Gasteiger partial charge in [0.15, 0.2) is 0 Å². The maximum Gasteiger partial charge on any atom is 0.246 e. The van der Waals surface area contributed by atoms with Gasteiger partial charge in [-0.05, 0) is 44.7 Å². The molecular formula is C18H18ClN5O. The molecule has 6 nitrogen and oxygen atoms in total. The van der Waals surface area contributed by atoms with Crippen molar-refractivity contribution in [3.8, 4) is 11.4 Å². The molecule has 25 heavy (non-hydrogen) atoms. The molecule has 0 unspecified atom stereocenters. The molecule has 4 rings (SSSR count). The number of aromatic nitrogens is 4. The van der Waals surface area contributed by atoms with Gasteiger partial charge in [0, 0.05) is 21.8 Å². The van der Waals surface area contributed by atoms with E-state index in [0.29, 0.717) is 23.3 Å². The highest BCUT2D eigenvalue weighted by atomic mass is 35.5. The first-order valence-corrected chi connectivity index (χ1v) is 8.75. The molecule has 1 N–H and O–H groups in total. The van der Waals surface area contributed by atoms with Crippen molar-refractivity contribution in [2.24, 2.45) is 0 Å². The highest BCUT2D eigenvalue weighted by molar-refractivity contribution is 6.30. The summed E-state index contributed by atoms with van der Waals surface area (Å²) in [6.45, 7) is 2.35. The number of rotatable bonds is 4. The van der Waals surface area contributed by atoms with E-state index in [1.54, 1.807) is 0 Å². The van der Waals surface area contributed by atoms with Crippen LogP contribution in [0.2, 0.25) is 5.02 Å². The van der Waals surface area contributed by atoms with Gasteiger partial charge in [-0.25, -0.2) is 9.97 Å². The van der Waals surface area contributed by atoms with Crippen molar-refractivity contribution in [2.75, 3.05) is 5.32 Å². The minimum absolute atomic E-state index is 0.427. The predicted octanol–water partition coefficient (Wildman–Crippen LogP) is 3.98. The van der Waals surface area contributed by atoms with Gasteiger partial charge in [-0.15, -0.1) is 0 Å². The average molecular weight is 356 g/mol. The second kappa shape index (κ2) is 6.80. The largest absolute Gasteiger partial charge is 0.361 e. The maximum atomic E-state index is 6.01. The van der Waals surface area contributed by atoms with Crippen LogP contribution in [0.15, 0.2) is 28.8 Å². The lowest BCUT2D eigenvalue weighted by Gasteiger charge is -2.18. The van der Waals surface area contributed by atoms with E-state index in [4.69, 9.17) is 16.1 Å². The summed E-state index contributed by atoms with van der Waals surface area (Å²) >= 11 is 6.01. The first-order chi connectivity index (χ1) is 12.2. The van der Waals surface area contributed by atoms with Crippen molar-refractivity contribution in [1.82, 2.24) is 20.1 Å². The van der Waals surface area contributed by atoms with E-state index in [1.165, 1.54) is 18.4 Å². The minimum Gasteiger partial charge on any atom is -0.361 e. The van der Waals surface area contributed by atoms with Crippen LogP contribution >= 0.6 is 11.6 Å². The maximum absolute atomic E-state index is 6.01. The quantitative estimate of drug-likeness (QED) is 0.762. The van der Waals surface area contributed by atoms with Crippen molar-refractivity contribution >= 4 is 17.4 Å². The van der Waals surface area contributed by atoms with Gasteiger partial charge in [0.2, 0.25) is 11.7 Å². The number of hydrogen-bond donors (Lipinski definition) is 1. The fourth-order valence-corrected chi connectivity index (χ4v) is 3.28. The molecule has 0 spiro atoms. The Kier molecular flexibility index (Phi) is 4.36. The number of fused-ring (bicyclic) bond motifs is 1. The number of benzene rings is 1. The van der Waals surface area contributed by atoms with Crippen molar-refractivity contribution in [3.05, 3.63) is 52.3 Å². The standard InChI is InChI=1S/C18H18ClN5O/c1-11-21-15-8-3-2-7-14(15)18(22-11)20-10-16-23-17(24-25-16)12-5-4-6-13(19)9-12/h4-6,9H,2-3,7-8,10H2,1H3,(H,20,21,22). The second-order valence-corrected chi connectivity index (χ2v) is 6.56. The molecule has 128 valence electrons. The highest BCUT2D eigenvalue weighted by Crippen LogP contribution is 2.26. The molecule has 0 radical (unpaired) electrons. The van der Waals surface area contributed by atoms with Crippen molar-refractivity contribution in [3.63, 3.8) is 0 Å². The summed E-state index contributed by atoms with van der Waals surface area (Å²) < 4.78 is 5.34. The zero-order valence-corrected chi connectivity index (χ0v) is 14.7. The predicted molar refractivity (Wildman–Crippen MR) is 95.5 cm³/mol. The van der Waals surface area contributed by atoms with E-state index >= 15 is 0 Å². The monoisotopic (exact) mass is 355 g/mol. The van der Waals surface area contributed by atoms with Gasteiger partial charge in [0.25, 0.3) is 0 Å². The molecule has 1 aliphatic carbocycles. The molecule has 2 aromatic heterocycles. The molecule has 1 aliphatic rings. The number of anilines is 1. The summed E-state index contributed by atoms with van der Waals surface area (Å²) in [7, 11) is 0.